The molecule has 0 unspecified atom stereocenters. The van der Waals surface area contributed by atoms with Crippen LogP contribution in [0.25, 0.3) is 0 Å². The summed E-state index contributed by atoms with van der Waals surface area (Å²) in [5.74, 6) is -1.35. The van der Waals surface area contributed by atoms with Gasteiger partial charge < -0.3 is 5.73 Å². The fraction of sp³-hybridized carbons (Fsp3) is 0.348. The highest BCUT2D eigenvalue weighted by molar-refractivity contribution is 6.06. The summed E-state index contributed by atoms with van der Waals surface area (Å²) in [5.41, 5.74) is 7.93. The third-order valence-corrected chi connectivity index (χ3v) is 6.76. The third kappa shape index (κ3) is 2.84. The van der Waals surface area contributed by atoms with Crippen molar-refractivity contribution in [2.45, 2.75) is 31.5 Å². The van der Waals surface area contributed by atoms with Gasteiger partial charge in [-0.05, 0) is 42.6 Å². The number of imide groups is 1. The molecule has 0 aliphatic carbocycles. The van der Waals surface area contributed by atoms with Crippen molar-refractivity contribution < 1.29 is 14.0 Å². The van der Waals surface area contributed by atoms with Gasteiger partial charge in [-0.3, -0.25) is 24.8 Å². The predicted molar refractivity (Wildman–Crippen MR) is 109 cm³/mol. The Morgan fingerprint density at radius 3 is 2.37 bits per heavy atom. The average molecular weight is 406 g/mol. The molecule has 3 N–H and O–H groups in total. The van der Waals surface area contributed by atoms with Gasteiger partial charge in [0.2, 0.25) is 11.8 Å². The first-order valence-corrected chi connectivity index (χ1v) is 10.3. The van der Waals surface area contributed by atoms with Gasteiger partial charge in [-0.25, -0.2) is 4.39 Å². The number of carbonyl (C=O) groups is 2. The lowest BCUT2D eigenvalue weighted by atomic mass is 9.85. The molecular weight excluding hydrogens is 383 g/mol. The maximum Gasteiger partial charge on any atom is 0.235 e. The number of nitrogens with two attached hydrogens (primary N) is 1. The molecule has 0 saturated carbocycles. The van der Waals surface area contributed by atoms with E-state index in [2.05, 4.69) is 4.90 Å². The molecule has 0 aromatic heterocycles. The van der Waals surface area contributed by atoms with E-state index in [0.717, 1.165) is 30.5 Å². The Bertz CT molecular complexity index is 1020. The Labute approximate surface area is 174 Å². The molecule has 0 spiro atoms. The molecule has 0 bridgehead atoms. The number of likely N-dealkylation sites (tertiary alicyclic amines) is 1. The van der Waals surface area contributed by atoms with E-state index >= 15 is 0 Å². The number of hydrogen-bond acceptors (Lipinski definition) is 4. The van der Waals surface area contributed by atoms with Crippen LogP contribution in [0, 0.1) is 23.1 Å². The number of rotatable bonds is 4. The molecule has 3 saturated heterocycles. The first-order chi connectivity index (χ1) is 14.5. The molecule has 2 aromatic carbocycles. The van der Waals surface area contributed by atoms with Crippen LogP contribution in [-0.2, 0) is 16.1 Å². The maximum atomic E-state index is 13.4. The zero-order chi connectivity index (χ0) is 21.0. The van der Waals surface area contributed by atoms with E-state index in [1.54, 1.807) is 24.3 Å². The topological polar surface area (TPSA) is 90.5 Å². The van der Waals surface area contributed by atoms with E-state index in [0.29, 0.717) is 5.56 Å². The number of nitrogens with one attached hydrogen (secondary N) is 1. The Hall–Kier alpha value is -3.06. The summed E-state index contributed by atoms with van der Waals surface area (Å²) >= 11 is 0. The van der Waals surface area contributed by atoms with Crippen molar-refractivity contribution in [3.63, 3.8) is 0 Å². The number of nitrogen functional groups attached to an aromatic ring is 1. The summed E-state index contributed by atoms with van der Waals surface area (Å²) in [7, 11) is 0. The molecule has 5 rings (SSSR count). The summed E-state index contributed by atoms with van der Waals surface area (Å²) in [5, 5.41) is 7.59. The predicted octanol–water partition coefficient (Wildman–Crippen LogP) is 2.43. The van der Waals surface area contributed by atoms with Crippen LogP contribution in [0.2, 0.25) is 0 Å². The second-order valence-electron chi connectivity index (χ2n) is 8.37. The molecule has 2 aromatic rings. The third-order valence-electron chi connectivity index (χ3n) is 6.76. The lowest BCUT2D eigenvalue weighted by Crippen LogP contribution is -2.38. The lowest BCUT2D eigenvalue weighted by molar-refractivity contribution is -0.142. The first-order valence-electron chi connectivity index (χ1n) is 10.3. The normalized spacial score (nSPS) is 28.1. The number of amides is 2. The number of halogens is 1. The van der Waals surface area contributed by atoms with E-state index in [-0.39, 0.29) is 48.0 Å². The molecule has 6 nitrogen and oxygen atoms in total. The second kappa shape index (κ2) is 7.02. The van der Waals surface area contributed by atoms with E-state index in [1.807, 2.05) is 12.1 Å². The zero-order valence-corrected chi connectivity index (χ0v) is 16.4. The molecule has 3 fully saturated rings. The molecule has 154 valence electrons. The standard InChI is InChI=1S/C23H23FN4O2/c24-16-9-3-13(4-10-16)12-28-22(29)18-17-2-1-11-27(17)20(19(18)23(28)30)14-5-7-15(8-6-14)21(25)26/h3-10,17-20H,1-2,11-12H2,(H3,25,26)/t17-,18-,19-,20-/m1/s1. The van der Waals surface area contributed by atoms with E-state index in [1.165, 1.54) is 17.0 Å². The van der Waals surface area contributed by atoms with Gasteiger partial charge in [0, 0.05) is 17.6 Å². The lowest BCUT2D eigenvalue weighted by Gasteiger charge is -2.29. The largest absolute Gasteiger partial charge is 0.384 e. The van der Waals surface area contributed by atoms with Crippen LogP contribution >= 0.6 is 0 Å². The summed E-state index contributed by atoms with van der Waals surface area (Å²) in [6.07, 6.45) is 1.92. The van der Waals surface area contributed by atoms with Crippen LogP contribution in [0.4, 0.5) is 4.39 Å². The highest BCUT2D eigenvalue weighted by Crippen LogP contribution is 2.53. The molecule has 3 aliphatic heterocycles. The molecule has 4 atom stereocenters. The molecule has 3 heterocycles. The quantitative estimate of drug-likeness (QED) is 0.464. The van der Waals surface area contributed by atoms with Crippen molar-refractivity contribution in [3.8, 4) is 0 Å². The van der Waals surface area contributed by atoms with Crippen LogP contribution < -0.4 is 5.73 Å². The van der Waals surface area contributed by atoms with E-state index < -0.39 is 5.92 Å². The second-order valence-corrected chi connectivity index (χ2v) is 8.37. The van der Waals surface area contributed by atoms with Crippen molar-refractivity contribution in [1.29, 1.82) is 5.41 Å². The molecule has 0 radical (unpaired) electrons. The van der Waals surface area contributed by atoms with Crippen LogP contribution in [0.5, 0.6) is 0 Å². The average Bonchev–Trinajstić information content (AvgIpc) is 3.38. The number of nitrogens with zero attached hydrogens (tertiary/aromatic N) is 2. The monoisotopic (exact) mass is 406 g/mol. The summed E-state index contributed by atoms with van der Waals surface area (Å²) in [6, 6.07) is 13.3. The highest BCUT2D eigenvalue weighted by Gasteiger charge is 2.62. The van der Waals surface area contributed by atoms with Gasteiger partial charge in [0.15, 0.2) is 0 Å². The number of carbonyl (C=O) groups excluding carboxylic acids is 2. The maximum absolute atomic E-state index is 13.4. The van der Waals surface area contributed by atoms with Crippen molar-refractivity contribution >= 4 is 17.6 Å². The molecule has 7 heteroatoms. The van der Waals surface area contributed by atoms with Gasteiger partial charge in [-0.1, -0.05) is 36.4 Å². The number of benzene rings is 2. The summed E-state index contributed by atoms with van der Waals surface area (Å²) in [4.78, 5) is 30.4. The van der Waals surface area contributed by atoms with Gasteiger partial charge >= 0.3 is 0 Å². The van der Waals surface area contributed by atoms with Gasteiger partial charge in [0.25, 0.3) is 0 Å². The van der Waals surface area contributed by atoms with Crippen LogP contribution in [0.1, 0.15) is 35.6 Å². The molecular formula is C23H23FN4O2. The van der Waals surface area contributed by atoms with Crippen molar-refractivity contribution in [2.24, 2.45) is 17.6 Å². The number of fused-ring (bicyclic) bond motifs is 3. The van der Waals surface area contributed by atoms with Crippen LogP contribution in [0.15, 0.2) is 48.5 Å². The smallest absolute Gasteiger partial charge is 0.235 e. The fourth-order valence-corrected chi connectivity index (χ4v) is 5.45. The summed E-state index contributed by atoms with van der Waals surface area (Å²) < 4.78 is 13.2. The van der Waals surface area contributed by atoms with Crippen molar-refractivity contribution in [1.82, 2.24) is 9.80 Å². The highest BCUT2D eigenvalue weighted by atomic mass is 19.1. The van der Waals surface area contributed by atoms with Crippen LogP contribution in [0.3, 0.4) is 0 Å². The zero-order valence-electron chi connectivity index (χ0n) is 16.4. The minimum absolute atomic E-state index is 0.00231. The molecule has 2 amide bonds. The van der Waals surface area contributed by atoms with Gasteiger partial charge in [-0.15, -0.1) is 0 Å². The minimum atomic E-state index is -0.411. The van der Waals surface area contributed by atoms with E-state index in [9.17, 15) is 14.0 Å². The Kier molecular flexibility index (Phi) is 4.43. The SMILES string of the molecule is N=C(N)c1ccc([C@@H]2[C@@H]3C(=O)N(Cc4ccc(F)cc4)C(=O)[C@@H]3[C@H]3CCCN32)cc1. The van der Waals surface area contributed by atoms with Crippen molar-refractivity contribution in [2.75, 3.05) is 6.54 Å². The van der Waals surface area contributed by atoms with E-state index in [4.69, 9.17) is 11.1 Å². The van der Waals surface area contributed by atoms with Gasteiger partial charge in [0.05, 0.1) is 18.4 Å². The summed E-state index contributed by atoms with van der Waals surface area (Å²) in [6.45, 7) is 1.04. The Balaban J connectivity index is 1.48. The molecule has 3 aliphatic rings. The van der Waals surface area contributed by atoms with Crippen LogP contribution in [-0.4, -0.2) is 40.0 Å². The van der Waals surface area contributed by atoms with Crippen molar-refractivity contribution in [3.05, 3.63) is 71.0 Å². The fourth-order valence-electron chi connectivity index (χ4n) is 5.45. The Morgan fingerprint density at radius 1 is 1.03 bits per heavy atom. The van der Waals surface area contributed by atoms with Gasteiger partial charge in [0.1, 0.15) is 11.7 Å². The van der Waals surface area contributed by atoms with Gasteiger partial charge in [-0.2, -0.15) is 0 Å². The number of hydrogen-bond donors (Lipinski definition) is 2. The minimum Gasteiger partial charge on any atom is -0.384 e. The molecule has 30 heavy (non-hydrogen) atoms. The number of amidine groups is 1. The Morgan fingerprint density at radius 2 is 1.70 bits per heavy atom. The first kappa shape index (κ1) is 18.9.